The van der Waals surface area contributed by atoms with Crippen molar-refractivity contribution in [1.29, 1.82) is 0 Å². The highest BCUT2D eigenvalue weighted by atomic mass is 19.4. The fourth-order valence-electron chi connectivity index (χ4n) is 3.61. The van der Waals surface area contributed by atoms with Crippen LogP contribution in [0.2, 0.25) is 0 Å². The third-order valence-electron chi connectivity index (χ3n) is 4.80. The molecule has 0 unspecified atom stereocenters. The van der Waals surface area contributed by atoms with E-state index < -0.39 is 11.7 Å². The molecule has 0 bridgehead atoms. The summed E-state index contributed by atoms with van der Waals surface area (Å²) < 4.78 is 44.5. The molecule has 136 valence electrons. The van der Waals surface area contributed by atoms with Gasteiger partial charge in [-0.05, 0) is 49.8 Å². The highest BCUT2D eigenvalue weighted by Gasteiger charge is 2.33. The maximum Gasteiger partial charge on any atom is 0.416 e. The molecule has 1 saturated heterocycles. The van der Waals surface area contributed by atoms with Crippen molar-refractivity contribution in [2.75, 3.05) is 13.1 Å². The van der Waals surface area contributed by atoms with Crippen molar-refractivity contribution in [1.82, 2.24) is 9.88 Å². The molecule has 1 fully saturated rings. The first-order valence-corrected chi connectivity index (χ1v) is 8.70. The lowest BCUT2D eigenvalue weighted by atomic mass is 9.90. The van der Waals surface area contributed by atoms with Crippen LogP contribution in [0, 0.1) is 12.8 Å². The molecule has 0 N–H and O–H groups in total. The molecule has 1 atom stereocenters. The van der Waals surface area contributed by atoms with Crippen LogP contribution >= 0.6 is 0 Å². The summed E-state index contributed by atoms with van der Waals surface area (Å²) in [5.41, 5.74) is 0.820. The third-order valence-corrected chi connectivity index (χ3v) is 4.80. The second kappa shape index (κ2) is 7.60. The van der Waals surface area contributed by atoms with E-state index in [0.29, 0.717) is 23.8 Å². The van der Waals surface area contributed by atoms with Gasteiger partial charge in [0.2, 0.25) is 0 Å². The van der Waals surface area contributed by atoms with Crippen molar-refractivity contribution in [2.24, 2.45) is 5.92 Å². The second-order valence-corrected chi connectivity index (χ2v) is 6.79. The molecule has 0 amide bonds. The van der Waals surface area contributed by atoms with Crippen LogP contribution in [0.3, 0.4) is 0 Å². The molecule has 0 radical (unpaired) electrons. The number of rotatable bonds is 5. The molecule has 1 aliphatic heterocycles. The molecule has 1 aromatic carbocycles. The summed E-state index contributed by atoms with van der Waals surface area (Å²) in [6.45, 7) is 4.47. The van der Waals surface area contributed by atoms with Gasteiger partial charge in [0.15, 0.2) is 5.89 Å². The highest BCUT2D eigenvalue weighted by molar-refractivity contribution is 5.29. The van der Waals surface area contributed by atoms with Crippen molar-refractivity contribution < 1.29 is 17.6 Å². The van der Waals surface area contributed by atoms with Crippen molar-refractivity contribution in [3.63, 3.8) is 0 Å². The zero-order valence-electron chi connectivity index (χ0n) is 14.4. The smallest absolute Gasteiger partial charge is 0.416 e. The van der Waals surface area contributed by atoms with Crippen LogP contribution in [0.15, 0.2) is 34.9 Å². The largest absolute Gasteiger partial charge is 0.449 e. The minimum Gasteiger partial charge on any atom is -0.449 e. The summed E-state index contributed by atoms with van der Waals surface area (Å²) in [5, 5.41) is 0. The number of nitrogens with zero attached hydrogens (tertiary/aromatic N) is 2. The van der Waals surface area contributed by atoms with Gasteiger partial charge in [-0.1, -0.05) is 18.2 Å². The first-order valence-electron chi connectivity index (χ1n) is 8.70. The molecule has 1 aliphatic rings. The fourth-order valence-corrected chi connectivity index (χ4v) is 3.61. The van der Waals surface area contributed by atoms with Crippen molar-refractivity contribution >= 4 is 0 Å². The van der Waals surface area contributed by atoms with E-state index in [2.05, 4.69) is 9.88 Å². The van der Waals surface area contributed by atoms with Crippen molar-refractivity contribution in [3.8, 4) is 0 Å². The van der Waals surface area contributed by atoms with E-state index >= 15 is 0 Å². The van der Waals surface area contributed by atoms with Crippen LogP contribution in [-0.4, -0.2) is 23.0 Å². The molecule has 0 aliphatic carbocycles. The number of oxazole rings is 1. The third kappa shape index (κ3) is 4.84. The Kier molecular flexibility index (Phi) is 5.47. The van der Waals surface area contributed by atoms with Gasteiger partial charge in [-0.2, -0.15) is 13.2 Å². The number of aryl methyl sites for hydroxylation is 2. The number of alkyl halides is 3. The first kappa shape index (κ1) is 18.0. The molecule has 2 aromatic rings. The minimum atomic E-state index is -4.28. The van der Waals surface area contributed by atoms with E-state index in [1.165, 1.54) is 12.1 Å². The number of hydrogen-bond acceptors (Lipinski definition) is 3. The lowest BCUT2D eigenvalue weighted by Gasteiger charge is -2.32. The van der Waals surface area contributed by atoms with E-state index in [0.717, 1.165) is 44.6 Å². The molecule has 1 aromatic heterocycles. The predicted molar refractivity (Wildman–Crippen MR) is 89.0 cm³/mol. The molecule has 2 heterocycles. The number of aromatic nitrogens is 1. The van der Waals surface area contributed by atoms with Crippen LogP contribution in [0.5, 0.6) is 0 Å². The molecule has 6 heteroatoms. The quantitative estimate of drug-likeness (QED) is 0.771. The predicted octanol–water partition coefficient (Wildman–Crippen LogP) is 4.85. The van der Waals surface area contributed by atoms with Crippen LogP contribution in [0.25, 0.3) is 0 Å². The van der Waals surface area contributed by atoms with E-state index in [1.54, 1.807) is 18.4 Å². The van der Waals surface area contributed by atoms with E-state index in [9.17, 15) is 13.2 Å². The Balaban J connectivity index is 1.57. The lowest BCUT2D eigenvalue weighted by Crippen LogP contribution is -2.35. The minimum absolute atomic E-state index is 0.402. The summed E-state index contributed by atoms with van der Waals surface area (Å²) in [5.74, 6) is 1.08. The van der Waals surface area contributed by atoms with Crippen LogP contribution in [-0.2, 0) is 19.1 Å². The second-order valence-electron chi connectivity index (χ2n) is 6.79. The van der Waals surface area contributed by atoms with Gasteiger partial charge >= 0.3 is 6.18 Å². The maximum absolute atomic E-state index is 13.1. The first-order chi connectivity index (χ1) is 11.9. The molecular formula is C19H23F3N2O. The molecule has 25 heavy (non-hydrogen) atoms. The summed E-state index contributed by atoms with van der Waals surface area (Å²) in [6, 6.07) is 5.91. The monoisotopic (exact) mass is 352 g/mol. The zero-order chi connectivity index (χ0) is 17.9. The standard InChI is InChI=1S/C19H23F3N2O/c1-14-23-17(13-25-14)12-24-10-4-5-15(11-24)8-9-16-6-2-3-7-18(16)19(20,21)22/h2-3,6-7,13,15H,4-5,8-12H2,1H3/t15-/m0/s1. The average molecular weight is 352 g/mol. The van der Waals surface area contributed by atoms with Gasteiger partial charge in [-0.3, -0.25) is 4.90 Å². The molecule has 3 rings (SSSR count). The summed E-state index contributed by atoms with van der Waals surface area (Å²) >= 11 is 0. The van der Waals surface area contributed by atoms with E-state index in [4.69, 9.17) is 4.42 Å². The van der Waals surface area contributed by atoms with Crippen LogP contribution in [0.4, 0.5) is 13.2 Å². The highest BCUT2D eigenvalue weighted by Crippen LogP contribution is 2.33. The molecular weight excluding hydrogens is 329 g/mol. The Bertz CT molecular complexity index is 696. The fraction of sp³-hybridized carbons (Fsp3) is 0.526. The normalized spacial score (nSPS) is 19.3. The van der Waals surface area contributed by atoms with Gasteiger partial charge in [-0.25, -0.2) is 4.98 Å². The van der Waals surface area contributed by atoms with Crippen LogP contribution < -0.4 is 0 Å². The SMILES string of the molecule is Cc1nc(CN2CCC[C@@H](CCc3ccccc3C(F)(F)F)C2)co1. The van der Waals surface area contributed by atoms with Gasteiger partial charge in [0.1, 0.15) is 6.26 Å². The van der Waals surface area contributed by atoms with E-state index in [1.807, 2.05) is 6.92 Å². The molecule has 3 nitrogen and oxygen atoms in total. The number of hydrogen-bond donors (Lipinski definition) is 0. The van der Waals surface area contributed by atoms with Gasteiger partial charge in [-0.15, -0.1) is 0 Å². The van der Waals surface area contributed by atoms with Gasteiger partial charge in [0.25, 0.3) is 0 Å². The topological polar surface area (TPSA) is 29.3 Å². The summed E-state index contributed by atoms with van der Waals surface area (Å²) in [6.07, 6.45) is 0.794. The van der Waals surface area contributed by atoms with Gasteiger partial charge in [0, 0.05) is 20.0 Å². The Morgan fingerprint density at radius 2 is 2.08 bits per heavy atom. The van der Waals surface area contributed by atoms with Crippen molar-refractivity contribution in [2.45, 2.75) is 45.3 Å². The van der Waals surface area contributed by atoms with E-state index in [-0.39, 0.29) is 0 Å². The van der Waals surface area contributed by atoms with Crippen LogP contribution in [0.1, 0.15) is 42.0 Å². The Morgan fingerprint density at radius 3 is 2.80 bits per heavy atom. The number of piperidine rings is 1. The lowest BCUT2D eigenvalue weighted by molar-refractivity contribution is -0.138. The number of halogens is 3. The molecule has 0 saturated carbocycles. The number of benzene rings is 1. The van der Waals surface area contributed by atoms with Gasteiger partial charge < -0.3 is 4.42 Å². The Labute approximate surface area is 145 Å². The number of likely N-dealkylation sites (tertiary alicyclic amines) is 1. The van der Waals surface area contributed by atoms with Crippen molar-refractivity contribution in [3.05, 3.63) is 53.2 Å². The zero-order valence-corrected chi connectivity index (χ0v) is 14.4. The average Bonchev–Trinajstić information content (AvgIpc) is 2.98. The van der Waals surface area contributed by atoms with Gasteiger partial charge in [0.05, 0.1) is 11.3 Å². The Morgan fingerprint density at radius 1 is 1.28 bits per heavy atom. The molecule has 0 spiro atoms. The summed E-state index contributed by atoms with van der Waals surface area (Å²) in [7, 11) is 0. The summed E-state index contributed by atoms with van der Waals surface area (Å²) in [4.78, 5) is 6.65. The maximum atomic E-state index is 13.1. The Hall–Kier alpha value is -1.82.